The summed E-state index contributed by atoms with van der Waals surface area (Å²) in [5.74, 6) is 1.77. The Hall–Kier alpha value is -2.28. The quantitative estimate of drug-likeness (QED) is 0.188. The molecular formula is C36H43SiZr. The van der Waals surface area contributed by atoms with Crippen LogP contribution in [0.25, 0.3) is 12.2 Å². The molecule has 0 heterocycles. The van der Waals surface area contributed by atoms with Crippen LogP contribution in [0.3, 0.4) is 0 Å². The van der Waals surface area contributed by atoms with Gasteiger partial charge in [0.25, 0.3) is 0 Å². The zero-order chi connectivity index (χ0) is 26.0. The van der Waals surface area contributed by atoms with Crippen LogP contribution in [0, 0.1) is 24.7 Å². The van der Waals surface area contributed by atoms with E-state index in [2.05, 4.69) is 111 Å². The van der Waals surface area contributed by atoms with E-state index in [4.69, 9.17) is 0 Å². The minimum Gasteiger partial charge on any atom is -0.227 e. The summed E-state index contributed by atoms with van der Waals surface area (Å²) >= 11 is 0. The van der Waals surface area contributed by atoms with Gasteiger partial charge in [0.15, 0.2) is 0 Å². The Morgan fingerprint density at radius 3 is 1.42 bits per heavy atom. The molecule has 0 bridgehead atoms. The summed E-state index contributed by atoms with van der Waals surface area (Å²) in [7, 11) is 0.750. The van der Waals surface area contributed by atoms with Crippen molar-refractivity contribution in [3.63, 3.8) is 0 Å². The summed E-state index contributed by atoms with van der Waals surface area (Å²) in [5, 5.41) is 0. The molecule has 0 aliphatic heterocycles. The van der Waals surface area contributed by atoms with Crippen molar-refractivity contribution in [2.75, 3.05) is 0 Å². The van der Waals surface area contributed by atoms with Crippen LogP contribution in [-0.2, 0) is 26.2 Å². The van der Waals surface area contributed by atoms with Crippen LogP contribution >= 0.6 is 0 Å². The Balaban J connectivity index is 0.000000198. The number of hydrogen-bond donors (Lipinski definition) is 0. The van der Waals surface area contributed by atoms with Crippen molar-refractivity contribution in [3.05, 3.63) is 144 Å². The average Bonchev–Trinajstić information content (AvgIpc) is 3.63. The molecule has 2 heteroatoms. The van der Waals surface area contributed by atoms with E-state index in [0.717, 1.165) is 21.4 Å². The smallest absolute Gasteiger partial charge is 0.227 e. The summed E-state index contributed by atoms with van der Waals surface area (Å²) in [6.45, 7) is 4.42. The molecule has 1 radical (unpaired) electrons. The van der Waals surface area contributed by atoms with Gasteiger partial charge in [-0.2, -0.15) is 0 Å². The Labute approximate surface area is 254 Å². The molecule has 2 unspecified atom stereocenters. The Kier molecular flexibility index (Phi) is 16.6. The van der Waals surface area contributed by atoms with E-state index in [1.165, 1.54) is 49.7 Å². The fraction of sp³-hybridized carbons (Fsp3) is 0.278. The first-order chi connectivity index (χ1) is 18.3. The van der Waals surface area contributed by atoms with Gasteiger partial charge in [-0.25, -0.2) is 36.1 Å². The van der Waals surface area contributed by atoms with E-state index in [1.54, 1.807) is 11.1 Å². The average molecular weight is 595 g/mol. The molecule has 195 valence electrons. The Bertz CT molecular complexity index is 985. The molecule has 6 rings (SSSR count). The van der Waals surface area contributed by atoms with Crippen molar-refractivity contribution in [1.82, 2.24) is 0 Å². The predicted molar refractivity (Wildman–Crippen MR) is 168 cm³/mol. The SMILES string of the molecule is C(C=Cc1ccccc1)=Cc1ccccc1.C1=CCC2CC[CH-]C2=C1.C1=CCC2CC[CH-]C2=C1.C[SiH]C.[Zr+2]. The Morgan fingerprint density at radius 2 is 1.05 bits per heavy atom. The monoisotopic (exact) mass is 593 g/mol. The van der Waals surface area contributed by atoms with Crippen LogP contribution in [0.2, 0.25) is 13.1 Å². The third kappa shape index (κ3) is 12.1. The van der Waals surface area contributed by atoms with E-state index >= 15 is 0 Å². The van der Waals surface area contributed by atoms with Crippen LogP contribution < -0.4 is 0 Å². The van der Waals surface area contributed by atoms with E-state index in [-0.39, 0.29) is 26.2 Å². The van der Waals surface area contributed by atoms with Gasteiger partial charge in [0.2, 0.25) is 0 Å². The summed E-state index contributed by atoms with van der Waals surface area (Å²) in [5.41, 5.74) is 5.61. The molecule has 0 amide bonds. The van der Waals surface area contributed by atoms with Crippen molar-refractivity contribution in [3.8, 4) is 0 Å². The molecule has 2 atom stereocenters. The molecule has 2 aromatic rings. The van der Waals surface area contributed by atoms with Crippen LogP contribution in [0.5, 0.6) is 0 Å². The molecule has 2 saturated carbocycles. The topological polar surface area (TPSA) is 0 Å². The zero-order valence-electron chi connectivity index (χ0n) is 23.2. The van der Waals surface area contributed by atoms with Gasteiger partial charge in [-0.15, -0.1) is 37.1 Å². The van der Waals surface area contributed by atoms with Gasteiger partial charge < -0.3 is 0 Å². The number of rotatable bonds is 3. The van der Waals surface area contributed by atoms with Crippen LogP contribution in [0.15, 0.2) is 120 Å². The van der Waals surface area contributed by atoms with Crippen molar-refractivity contribution in [2.24, 2.45) is 11.8 Å². The predicted octanol–water partition coefficient (Wildman–Crippen LogP) is 9.90. The van der Waals surface area contributed by atoms with E-state index in [0.29, 0.717) is 0 Å². The minimum atomic E-state index is 0. The van der Waals surface area contributed by atoms with Gasteiger partial charge in [-0.1, -0.05) is 111 Å². The largest absolute Gasteiger partial charge is 2.00 e. The molecule has 0 N–H and O–H groups in total. The van der Waals surface area contributed by atoms with Gasteiger partial charge in [-0.05, 0) is 35.8 Å². The summed E-state index contributed by atoms with van der Waals surface area (Å²) < 4.78 is 0. The van der Waals surface area contributed by atoms with Crippen molar-refractivity contribution >= 4 is 21.7 Å². The maximum atomic E-state index is 2.37. The van der Waals surface area contributed by atoms with E-state index in [1.807, 2.05) is 36.4 Å². The first-order valence-corrected chi connectivity index (χ1v) is 16.2. The van der Waals surface area contributed by atoms with Crippen LogP contribution in [-0.4, -0.2) is 9.52 Å². The first kappa shape index (κ1) is 31.9. The molecule has 38 heavy (non-hydrogen) atoms. The molecule has 0 aromatic heterocycles. The van der Waals surface area contributed by atoms with Gasteiger partial charge in [-0.3, -0.25) is 0 Å². The zero-order valence-corrected chi connectivity index (χ0v) is 26.8. The number of fused-ring (bicyclic) bond motifs is 2. The fourth-order valence-corrected chi connectivity index (χ4v) is 4.79. The molecule has 2 aromatic carbocycles. The van der Waals surface area contributed by atoms with Gasteiger partial charge >= 0.3 is 26.2 Å². The molecular weight excluding hydrogens is 552 g/mol. The van der Waals surface area contributed by atoms with Gasteiger partial charge in [0.05, 0.1) is 0 Å². The van der Waals surface area contributed by atoms with Gasteiger partial charge in [0.1, 0.15) is 0 Å². The van der Waals surface area contributed by atoms with Crippen LogP contribution in [0.1, 0.15) is 49.7 Å². The van der Waals surface area contributed by atoms with E-state index < -0.39 is 0 Å². The van der Waals surface area contributed by atoms with Crippen molar-refractivity contribution < 1.29 is 26.2 Å². The molecule has 4 aliphatic rings. The third-order valence-corrected chi connectivity index (χ3v) is 6.71. The van der Waals surface area contributed by atoms with E-state index in [9.17, 15) is 0 Å². The second-order valence-corrected chi connectivity index (χ2v) is 10.9. The van der Waals surface area contributed by atoms with Crippen molar-refractivity contribution in [2.45, 2.75) is 51.6 Å². The summed E-state index contributed by atoms with van der Waals surface area (Å²) in [4.78, 5) is 0. The van der Waals surface area contributed by atoms with Crippen LogP contribution in [0.4, 0.5) is 0 Å². The number of hydrogen-bond acceptors (Lipinski definition) is 0. The van der Waals surface area contributed by atoms with Crippen molar-refractivity contribution in [1.29, 1.82) is 0 Å². The summed E-state index contributed by atoms with van der Waals surface area (Å²) in [6, 6.07) is 20.6. The minimum absolute atomic E-state index is 0. The second-order valence-electron chi connectivity index (χ2n) is 9.73. The van der Waals surface area contributed by atoms with Gasteiger partial charge in [0, 0.05) is 9.52 Å². The normalized spacial score (nSPS) is 19.9. The Morgan fingerprint density at radius 1 is 0.658 bits per heavy atom. The number of benzene rings is 2. The molecule has 0 saturated heterocycles. The second kappa shape index (κ2) is 19.7. The first-order valence-electron chi connectivity index (χ1n) is 13.9. The summed E-state index contributed by atoms with van der Waals surface area (Å²) in [6.07, 6.45) is 34.4. The standard InChI is InChI=1S/C16H14.2C9H11.C2H7Si.Zr/c1-3-9-15(10-4-1)13-7-8-14-16-11-5-2-6-12-16;2*1-2-5-9-7-3-6-8(9)4-1;1-3-2;/h1-14H;2*1-2,4,6,9H,3,5,7H2;3H,1-2H3;/q;2*-1;;+2. The molecule has 2 fully saturated rings. The number of allylic oxidation sites excluding steroid dienone is 10. The fourth-order valence-electron chi connectivity index (χ4n) is 4.79. The maximum absolute atomic E-state index is 2.37. The maximum Gasteiger partial charge on any atom is 2.00 e. The molecule has 0 spiro atoms. The molecule has 4 aliphatic carbocycles. The third-order valence-electron chi connectivity index (χ3n) is 6.71. The molecule has 0 nitrogen and oxygen atoms in total.